The van der Waals surface area contributed by atoms with Crippen molar-refractivity contribution >= 4 is 0 Å². The summed E-state index contributed by atoms with van der Waals surface area (Å²) in [5.74, 6) is 4.20. The predicted molar refractivity (Wildman–Crippen MR) is 73.4 cm³/mol. The summed E-state index contributed by atoms with van der Waals surface area (Å²) >= 11 is 0. The normalized spacial score (nSPS) is 31.9. The van der Waals surface area contributed by atoms with Crippen LogP contribution in [0.1, 0.15) is 44.8 Å². The highest BCUT2D eigenvalue weighted by atomic mass is 16.3. The Morgan fingerprint density at radius 1 is 1.39 bits per heavy atom. The highest BCUT2D eigenvalue weighted by molar-refractivity contribution is 5.01. The van der Waals surface area contributed by atoms with E-state index in [1.165, 1.54) is 32.1 Å². The Balaban J connectivity index is 1.56. The average molecular weight is 247 g/mol. The quantitative estimate of drug-likeness (QED) is 0.830. The first-order valence-corrected chi connectivity index (χ1v) is 7.61. The van der Waals surface area contributed by atoms with Gasteiger partial charge in [0.1, 0.15) is 5.76 Å². The molecular weight excluding hydrogens is 222 g/mol. The van der Waals surface area contributed by atoms with Gasteiger partial charge in [0.15, 0.2) is 0 Å². The second kappa shape index (κ2) is 5.48. The molecule has 0 amide bonds. The van der Waals surface area contributed by atoms with Crippen LogP contribution in [0.25, 0.3) is 0 Å². The molecule has 2 fully saturated rings. The molecule has 100 valence electrons. The van der Waals surface area contributed by atoms with E-state index in [0.29, 0.717) is 6.04 Å². The van der Waals surface area contributed by atoms with E-state index in [4.69, 9.17) is 4.42 Å². The zero-order valence-corrected chi connectivity index (χ0v) is 11.4. The molecule has 1 heterocycles. The molecule has 2 nitrogen and oxygen atoms in total. The fourth-order valence-corrected chi connectivity index (χ4v) is 4.23. The fraction of sp³-hybridized carbons (Fsp3) is 0.750. The molecule has 0 aliphatic heterocycles. The zero-order chi connectivity index (χ0) is 12.4. The van der Waals surface area contributed by atoms with Crippen LogP contribution in [0.3, 0.4) is 0 Å². The molecule has 2 heteroatoms. The molecule has 18 heavy (non-hydrogen) atoms. The van der Waals surface area contributed by atoms with Crippen molar-refractivity contribution in [2.45, 2.75) is 51.5 Å². The molecule has 2 aliphatic carbocycles. The first-order chi connectivity index (χ1) is 8.85. The van der Waals surface area contributed by atoms with Crippen molar-refractivity contribution in [2.75, 3.05) is 6.54 Å². The lowest BCUT2D eigenvalue weighted by molar-refractivity contribution is 0.273. The Morgan fingerprint density at radius 3 is 2.94 bits per heavy atom. The molecule has 2 saturated carbocycles. The molecule has 1 aromatic heterocycles. The van der Waals surface area contributed by atoms with Crippen molar-refractivity contribution in [2.24, 2.45) is 17.8 Å². The maximum absolute atomic E-state index is 5.50. The largest absolute Gasteiger partial charge is 0.469 e. The highest BCUT2D eigenvalue weighted by Gasteiger charge is 2.40. The summed E-state index contributed by atoms with van der Waals surface area (Å²) in [5.41, 5.74) is 0. The summed E-state index contributed by atoms with van der Waals surface area (Å²) in [4.78, 5) is 0. The minimum absolute atomic E-state index is 0.602. The smallest absolute Gasteiger partial charge is 0.105 e. The van der Waals surface area contributed by atoms with Crippen molar-refractivity contribution in [1.29, 1.82) is 0 Å². The Morgan fingerprint density at radius 2 is 2.33 bits per heavy atom. The molecule has 4 unspecified atom stereocenters. The molecule has 4 atom stereocenters. The minimum atomic E-state index is 0.602. The summed E-state index contributed by atoms with van der Waals surface area (Å²) in [6, 6.07) is 4.70. The fourth-order valence-electron chi connectivity index (χ4n) is 4.23. The van der Waals surface area contributed by atoms with Crippen LogP contribution in [0.15, 0.2) is 22.8 Å². The molecular formula is C16H25NO. The van der Waals surface area contributed by atoms with E-state index in [0.717, 1.165) is 36.5 Å². The van der Waals surface area contributed by atoms with E-state index >= 15 is 0 Å². The van der Waals surface area contributed by atoms with E-state index < -0.39 is 0 Å². The van der Waals surface area contributed by atoms with Gasteiger partial charge in [-0.25, -0.2) is 0 Å². The number of rotatable bonds is 6. The lowest BCUT2D eigenvalue weighted by Gasteiger charge is -2.26. The third-order valence-electron chi connectivity index (χ3n) is 4.99. The van der Waals surface area contributed by atoms with Gasteiger partial charge in [-0.1, -0.05) is 13.3 Å². The summed E-state index contributed by atoms with van der Waals surface area (Å²) < 4.78 is 5.50. The van der Waals surface area contributed by atoms with Gasteiger partial charge in [-0.3, -0.25) is 0 Å². The minimum Gasteiger partial charge on any atom is -0.469 e. The van der Waals surface area contributed by atoms with E-state index in [1.807, 2.05) is 6.07 Å². The number of nitrogens with one attached hydrogen (secondary N) is 1. The van der Waals surface area contributed by atoms with Crippen molar-refractivity contribution in [3.8, 4) is 0 Å². The van der Waals surface area contributed by atoms with Crippen LogP contribution in [0.5, 0.6) is 0 Å². The van der Waals surface area contributed by atoms with Gasteiger partial charge < -0.3 is 9.73 Å². The Bertz CT molecular complexity index is 359. The monoisotopic (exact) mass is 247 g/mol. The van der Waals surface area contributed by atoms with E-state index in [2.05, 4.69) is 18.3 Å². The van der Waals surface area contributed by atoms with Crippen LogP contribution in [0.2, 0.25) is 0 Å². The topological polar surface area (TPSA) is 25.2 Å². The molecule has 0 radical (unpaired) electrons. The summed E-state index contributed by atoms with van der Waals surface area (Å²) in [5, 5.41) is 3.65. The van der Waals surface area contributed by atoms with Crippen LogP contribution < -0.4 is 5.32 Å². The molecule has 1 N–H and O–H groups in total. The van der Waals surface area contributed by atoms with Gasteiger partial charge in [0.25, 0.3) is 0 Å². The van der Waals surface area contributed by atoms with E-state index in [-0.39, 0.29) is 0 Å². The Hall–Kier alpha value is -0.760. The van der Waals surface area contributed by atoms with Crippen LogP contribution in [0.4, 0.5) is 0 Å². The average Bonchev–Trinajstić information content (AvgIpc) is 3.05. The number of furan rings is 1. The molecule has 2 aliphatic rings. The summed E-state index contributed by atoms with van der Waals surface area (Å²) in [7, 11) is 0. The second-order valence-electron chi connectivity index (χ2n) is 6.21. The summed E-state index contributed by atoms with van der Waals surface area (Å²) in [6.45, 7) is 3.27. The summed E-state index contributed by atoms with van der Waals surface area (Å²) in [6.07, 6.45) is 10.2. The van der Waals surface area contributed by atoms with Crippen LogP contribution in [-0.2, 0) is 6.42 Å². The van der Waals surface area contributed by atoms with Gasteiger partial charge in [-0.2, -0.15) is 0 Å². The van der Waals surface area contributed by atoms with Crippen molar-refractivity contribution < 1.29 is 4.42 Å². The SMILES string of the molecule is CCNC(Cc1ccco1)CC1CC2CCC1C2. The van der Waals surface area contributed by atoms with E-state index in [9.17, 15) is 0 Å². The number of hydrogen-bond acceptors (Lipinski definition) is 2. The van der Waals surface area contributed by atoms with Crippen molar-refractivity contribution in [3.05, 3.63) is 24.2 Å². The van der Waals surface area contributed by atoms with Gasteiger partial charge in [-0.15, -0.1) is 0 Å². The van der Waals surface area contributed by atoms with Crippen LogP contribution in [0, 0.1) is 17.8 Å². The first-order valence-electron chi connectivity index (χ1n) is 7.61. The van der Waals surface area contributed by atoms with Crippen molar-refractivity contribution in [1.82, 2.24) is 5.32 Å². The molecule has 1 aromatic rings. The van der Waals surface area contributed by atoms with Crippen LogP contribution >= 0.6 is 0 Å². The van der Waals surface area contributed by atoms with Gasteiger partial charge in [0, 0.05) is 12.5 Å². The van der Waals surface area contributed by atoms with Crippen molar-refractivity contribution in [3.63, 3.8) is 0 Å². The maximum Gasteiger partial charge on any atom is 0.105 e. The molecule has 0 aromatic carbocycles. The van der Waals surface area contributed by atoms with Gasteiger partial charge in [-0.05, 0) is 62.1 Å². The number of fused-ring (bicyclic) bond motifs is 2. The standard InChI is InChI=1S/C16H25NO/c1-2-17-15(11-16-4-3-7-18-16)10-14-9-12-5-6-13(14)8-12/h3-4,7,12-15,17H,2,5-6,8-11H2,1H3. The van der Waals surface area contributed by atoms with Crippen LogP contribution in [-0.4, -0.2) is 12.6 Å². The lowest BCUT2D eigenvalue weighted by Crippen LogP contribution is -2.34. The van der Waals surface area contributed by atoms with Gasteiger partial charge in [0.2, 0.25) is 0 Å². The lowest BCUT2D eigenvalue weighted by atomic mass is 9.83. The Labute approximate surface area is 110 Å². The van der Waals surface area contributed by atoms with E-state index in [1.54, 1.807) is 6.26 Å². The third kappa shape index (κ3) is 2.64. The first kappa shape index (κ1) is 12.3. The third-order valence-corrected chi connectivity index (χ3v) is 4.99. The van der Waals surface area contributed by atoms with Gasteiger partial charge >= 0.3 is 0 Å². The number of likely N-dealkylation sites (N-methyl/N-ethyl adjacent to an activating group) is 1. The maximum atomic E-state index is 5.50. The molecule has 2 bridgehead atoms. The van der Waals surface area contributed by atoms with Gasteiger partial charge in [0.05, 0.1) is 6.26 Å². The zero-order valence-electron chi connectivity index (χ0n) is 11.4. The molecule has 0 spiro atoms. The predicted octanol–water partition coefficient (Wildman–Crippen LogP) is 3.63. The second-order valence-corrected chi connectivity index (χ2v) is 6.21. The number of hydrogen-bond donors (Lipinski definition) is 1. The molecule has 0 saturated heterocycles. The Kier molecular flexibility index (Phi) is 3.74. The molecule has 3 rings (SSSR count). The highest BCUT2D eigenvalue weighted by Crippen LogP contribution is 2.49.